The summed E-state index contributed by atoms with van der Waals surface area (Å²) in [6.07, 6.45) is 3.20. The minimum Gasteiger partial charge on any atom is -0.345 e. The second kappa shape index (κ2) is 4.23. The van der Waals surface area contributed by atoms with E-state index in [-0.39, 0.29) is 6.04 Å². The molecule has 5 nitrogen and oxygen atoms in total. The second-order valence-electron chi connectivity index (χ2n) is 3.34. The van der Waals surface area contributed by atoms with Gasteiger partial charge in [0.2, 0.25) is 0 Å². The number of hydrogen-bond acceptors (Lipinski definition) is 3. The van der Waals surface area contributed by atoms with Crippen molar-refractivity contribution in [3.63, 3.8) is 0 Å². The average Bonchev–Trinajstić information content (AvgIpc) is 2.83. The molecule has 2 unspecified atom stereocenters. The van der Waals surface area contributed by atoms with Gasteiger partial charge in [0, 0.05) is 6.04 Å². The van der Waals surface area contributed by atoms with Crippen LogP contribution in [0.1, 0.15) is 26.2 Å². The van der Waals surface area contributed by atoms with Gasteiger partial charge in [-0.2, -0.15) is 0 Å². The van der Waals surface area contributed by atoms with Crippen molar-refractivity contribution in [2.24, 2.45) is 11.8 Å². The van der Waals surface area contributed by atoms with Crippen LogP contribution in [0.25, 0.3) is 0 Å². The summed E-state index contributed by atoms with van der Waals surface area (Å²) in [6.45, 7) is 2.10. The standard InChI is InChI=1S/C8H15N3O2/c1-2-3-5-4-6(5)10-7(12)8(13)11-9/h5-6H,2-4,9H2,1H3,(H,10,12)(H,11,13). The summed E-state index contributed by atoms with van der Waals surface area (Å²) in [6, 6.07) is 0.185. The van der Waals surface area contributed by atoms with E-state index in [9.17, 15) is 9.59 Å². The molecule has 0 saturated heterocycles. The molecule has 0 radical (unpaired) electrons. The molecule has 0 spiro atoms. The Morgan fingerprint density at radius 3 is 2.69 bits per heavy atom. The summed E-state index contributed by atoms with van der Waals surface area (Å²) >= 11 is 0. The smallest absolute Gasteiger partial charge is 0.323 e. The molecule has 13 heavy (non-hydrogen) atoms. The number of hydrazine groups is 1. The molecule has 74 valence electrons. The molecular formula is C8H15N3O2. The quantitative estimate of drug-likeness (QED) is 0.235. The van der Waals surface area contributed by atoms with Crippen LogP contribution < -0.4 is 16.6 Å². The van der Waals surface area contributed by atoms with Gasteiger partial charge in [-0.25, -0.2) is 5.84 Å². The predicted octanol–water partition coefficient (Wildman–Crippen LogP) is -0.719. The Kier molecular flexibility index (Phi) is 3.25. The second-order valence-corrected chi connectivity index (χ2v) is 3.34. The van der Waals surface area contributed by atoms with E-state index in [1.54, 1.807) is 5.43 Å². The number of nitrogens with two attached hydrogens (primary N) is 1. The average molecular weight is 185 g/mol. The molecule has 2 amide bonds. The van der Waals surface area contributed by atoms with Crippen LogP contribution in [0.3, 0.4) is 0 Å². The molecule has 1 fully saturated rings. The van der Waals surface area contributed by atoms with Gasteiger partial charge in [-0.3, -0.25) is 15.0 Å². The summed E-state index contributed by atoms with van der Waals surface area (Å²) in [5, 5.41) is 2.61. The minimum atomic E-state index is -0.776. The highest BCUT2D eigenvalue weighted by atomic mass is 16.2. The maximum atomic E-state index is 11.0. The fourth-order valence-corrected chi connectivity index (χ4v) is 1.41. The molecule has 4 N–H and O–H groups in total. The van der Waals surface area contributed by atoms with Gasteiger partial charge in [-0.1, -0.05) is 13.3 Å². The van der Waals surface area contributed by atoms with Gasteiger partial charge in [0.1, 0.15) is 0 Å². The van der Waals surface area contributed by atoms with Gasteiger partial charge >= 0.3 is 11.8 Å². The van der Waals surface area contributed by atoms with Crippen LogP contribution in [0.5, 0.6) is 0 Å². The van der Waals surface area contributed by atoms with Crippen LogP contribution in [-0.2, 0) is 9.59 Å². The molecule has 2 atom stereocenters. The molecule has 0 aromatic carbocycles. The Morgan fingerprint density at radius 2 is 2.15 bits per heavy atom. The number of carbonyl (C=O) groups is 2. The number of carbonyl (C=O) groups excluding carboxylic acids is 2. The third kappa shape index (κ3) is 2.69. The van der Waals surface area contributed by atoms with Crippen molar-refractivity contribution in [1.29, 1.82) is 0 Å². The highest BCUT2D eigenvalue weighted by Gasteiger charge is 2.38. The fourth-order valence-electron chi connectivity index (χ4n) is 1.41. The number of hydrogen-bond donors (Lipinski definition) is 3. The lowest BCUT2D eigenvalue weighted by molar-refractivity contribution is -0.139. The molecule has 1 saturated carbocycles. The molecule has 5 heteroatoms. The fraction of sp³-hybridized carbons (Fsp3) is 0.750. The molecule has 1 aliphatic rings. The van der Waals surface area contributed by atoms with Crippen LogP contribution in [0.4, 0.5) is 0 Å². The number of nitrogens with one attached hydrogen (secondary N) is 2. The van der Waals surface area contributed by atoms with E-state index in [0.29, 0.717) is 5.92 Å². The Labute approximate surface area is 77.0 Å². The number of amides is 2. The Morgan fingerprint density at radius 1 is 1.46 bits per heavy atom. The van der Waals surface area contributed by atoms with Crippen LogP contribution in [-0.4, -0.2) is 17.9 Å². The van der Waals surface area contributed by atoms with Crippen molar-refractivity contribution in [3.8, 4) is 0 Å². The van der Waals surface area contributed by atoms with Crippen molar-refractivity contribution in [2.45, 2.75) is 32.2 Å². The zero-order valence-electron chi connectivity index (χ0n) is 7.67. The van der Waals surface area contributed by atoms with E-state index in [0.717, 1.165) is 19.3 Å². The zero-order chi connectivity index (χ0) is 9.84. The Bertz CT molecular complexity index is 217. The molecule has 0 aromatic rings. The SMILES string of the molecule is CCCC1CC1NC(=O)C(=O)NN. The molecule has 1 rings (SSSR count). The van der Waals surface area contributed by atoms with Crippen molar-refractivity contribution >= 4 is 11.8 Å². The van der Waals surface area contributed by atoms with Crippen molar-refractivity contribution < 1.29 is 9.59 Å². The summed E-state index contributed by atoms with van der Waals surface area (Å²) in [4.78, 5) is 21.7. The topological polar surface area (TPSA) is 84.2 Å². The molecule has 0 heterocycles. The lowest BCUT2D eigenvalue weighted by Crippen LogP contribution is -2.44. The van der Waals surface area contributed by atoms with Gasteiger partial charge in [-0.05, 0) is 18.8 Å². The lowest BCUT2D eigenvalue weighted by Gasteiger charge is -2.01. The van der Waals surface area contributed by atoms with Crippen LogP contribution in [0.15, 0.2) is 0 Å². The maximum Gasteiger partial charge on any atom is 0.323 e. The maximum absolute atomic E-state index is 11.0. The van der Waals surface area contributed by atoms with E-state index < -0.39 is 11.8 Å². The van der Waals surface area contributed by atoms with Crippen molar-refractivity contribution in [1.82, 2.24) is 10.7 Å². The van der Waals surface area contributed by atoms with Gasteiger partial charge in [0.15, 0.2) is 0 Å². The lowest BCUT2D eigenvalue weighted by atomic mass is 10.2. The Balaban J connectivity index is 2.20. The van der Waals surface area contributed by atoms with E-state index in [4.69, 9.17) is 5.84 Å². The first-order valence-corrected chi connectivity index (χ1v) is 4.50. The van der Waals surface area contributed by atoms with Gasteiger partial charge < -0.3 is 5.32 Å². The molecule has 0 aromatic heterocycles. The third-order valence-corrected chi connectivity index (χ3v) is 2.24. The minimum absolute atomic E-state index is 0.185. The normalized spacial score (nSPS) is 25.1. The van der Waals surface area contributed by atoms with E-state index in [1.807, 2.05) is 0 Å². The highest BCUT2D eigenvalue weighted by Crippen LogP contribution is 2.34. The summed E-state index contributed by atoms with van der Waals surface area (Å²) in [5.41, 5.74) is 1.79. The Hall–Kier alpha value is -1.10. The van der Waals surface area contributed by atoms with E-state index in [2.05, 4.69) is 12.2 Å². The molecular weight excluding hydrogens is 170 g/mol. The summed E-state index contributed by atoms with van der Waals surface area (Å²) in [5.74, 6) is 3.95. The van der Waals surface area contributed by atoms with Crippen molar-refractivity contribution in [2.75, 3.05) is 0 Å². The summed E-state index contributed by atoms with van der Waals surface area (Å²) < 4.78 is 0. The summed E-state index contributed by atoms with van der Waals surface area (Å²) in [7, 11) is 0. The third-order valence-electron chi connectivity index (χ3n) is 2.24. The van der Waals surface area contributed by atoms with E-state index in [1.165, 1.54) is 0 Å². The van der Waals surface area contributed by atoms with Crippen molar-refractivity contribution in [3.05, 3.63) is 0 Å². The largest absolute Gasteiger partial charge is 0.345 e. The van der Waals surface area contributed by atoms with Crippen LogP contribution in [0, 0.1) is 5.92 Å². The zero-order valence-corrected chi connectivity index (χ0v) is 7.67. The number of rotatable bonds is 3. The van der Waals surface area contributed by atoms with Crippen LogP contribution >= 0.6 is 0 Å². The highest BCUT2D eigenvalue weighted by molar-refractivity contribution is 6.35. The first-order valence-electron chi connectivity index (χ1n) is 4.50. The van der Waals surface area contributed by atoms with Gasteiger partial charge in [-0.15, -0.1) is 0 Å². The monoisotopic (exact) mass is 185 g/mol. The first-order chi connectivity index (χ1) is 6.19. The first kappa shape index (κ1) is 9.98. The van der Waals surface area contributed by atoms with Gasteiger partial charge in [0.25, 0.3) is 0 Å². The van der Waals surface area contributed by atoms with Gasteiger partial charge in [0.05, 0.1) is 0 Å². The van der Waals surface area contributed by atoms with E-state index >= 15 is 0 Å². The van der Waals surface area contributed by atoms with Crippen LogP contribution in [0.2, 0.25) is 0 Å². The molecule has 1 aliphatic carbocycles. The predicted molar refractivity (Wildman–Crippen MR) is 47.3 cm³/mol. The molecule has 0 bridgehead atoms. The molecule has 0 aliphatic heterocycles.